The van der Waals surface area contributed by atoms with Gasteiger partial charge in [0.1, 0.15) is 6.04 Å². The number of para-hydroxylation sites is 2. The molecule has 1 heterocycles. The summed E-state index contributed by atoms with van der Waals surface area (Å²) in [4.78, 5) is 28.3. The van der Waals surface area contributed by atoms with E-state index in [-0.39, 0.29) is 11.8 Å². The molecule has 0 aromatic heterocycles. The van der Waals surface area contributed by atoms with Crippen LogP contribution in [0.2, 0.25) is 0 Å². The van der Waals surface area contributed by atoms with Crippen molar-refractivity contribution in [1.29, 1.82) is 0 Å². The van der Waals surface area contributed by atoms with Gasteiger partial charge in [-0.3, -0.25) is 9.59 Å². The van der Waals surface area contributed by atoms with E-state index in [1.165, 1.54) is 30.9 Å². The van der Waals surface area contributed by atoms with Crippen molar-refractivity contribution in [2.45, 2.75) is 45.1 Å². The minimum Gasteiger partial charge on any atom is -0.397 e. The zero-order valence-electron chi connectivity index (χ0n) is 23.5. The molecule has 0 spiro atoms. The molecule has 0 radical (unpaired) electrons. The van der Waals surface area contributed by atoms with Crippen LogP contribution in [-0.4, -0.2) is 42.9 Å². The van der Waals surface area contributed by atoms with Crippen molar-refractivity contribution in [3.63, 3.8) is 0 Å². The summed E-state index contributed by atoms with van der Waals surface area (Å²) in [7, 11) is 0. The van der Waals surface area contributed by atoms with Gasteiger partial charge >= 0.3 is 0 Å². The number of benzene rings is 3. The number of nitrogens with two attached hydrogens (primary N) is 1. The van der Waals surface area contributed by atoms with Crippen molar-refractivity contribution in [2.75, 3.05) is 42.5 Å². The van der Waals surface area contributed by atoms with Gasteiger partial charge in [0.15, 0.2) is 0 Å². The van der Waals surface area contributed by atoms with Crippen molar-refractivity contribution in [1.82, 2.24) is 10.2 Å². The Morgan fingerprint density at radius 1 is 0.875 bits per heavy atom. The summed E-state index contributed by atoms with van der Waals surface area (Å²) < 4.78 is 0. The van der Waals surface area contributed by atoms with Crippen LogP contribution in [0.15, 0.2) is 78.9 Å². The van der Waals surface area contributed by atoms with Crippen LogP contribution < -0.4 is 21.7 Å². The first-order chi connectivity index (χ1) is 19.4. The van der Waals surface area contributed by atoms with Crippen molar-refractivity contribution in [3.8, 4) is 0 Å². The average Bonchev–Trinajstić information content (AvgIpc) is 2.96. The van der Waals surface area contributed by atoms with Crippen LogP contribution in [0.4, 0.5) is 17.1 Å². The van der Waals surface area contributed by atoms with Gasteiger partial charge in [-0.25, -0.2) is 0 Å². The average molecular weight is 540 g/mol. The lowest BCUT2D eigenvalue weighted by Crippen LogP contribution is -2.40. The Hall–Kier alpha value is -3.94. The van der Waals surface area contributed by atoms with Gasteiger partial charge in [-0.05, 0) is 78.9 Å². The molecule has 1 aliphatic heterocycles. The Bertz CT molecular complexity index is 1280. The van der Waals surface area contributed by atoms with Gasteiger partial charge in [0.2, 0.25) is 11.8 Å². The van der Waals surface area contributed by atoms with E-state index in [1.54, 1.807) is 18.2 Å². The third-order valence-electron chi connectivity index (χ3n) is 7.25. The highest BCUT2D eigenvalue weighted by Gasteiger charge is 2.21. The van der Waals surface area contributed by atoms with Gasteiger partial charge in [0.05, 0.1) is 11.4 Å². The minimum atomic E-state index is -0.503. The number of nitrogens with one attached hydrogen (secondary N) is 3. The number of rotatable bonds is 11. The molecule has 1 saturated heterocycles. The van der Waals surface area contributed by atoms with Gasteiger partial charge in [-0.15, -0.1) is 0 Å². The number of piperidine rings is 1. The van der Waals surface area contributed by atoms with Gasteiger partial charge in [0.25, 0.3) is 0 Å². The monoisotopic (exact) mass is 539 g/mol. The quantitative estimate of drug-likeness (QED) is 0.182. The van der Waals surface area contributed by atoms with Crippen LogP contribution in [0.5, 0.6) is 0 Å². The standard InChI is InChI=1S/C33H41N5O2/c1-24(2)26-15-17-28(18-16-26)36-33(40)32(35-20-23-38-21-6-3-7-22-38)27-13-10-25(11-14-27)12-19-31(39)37-30-9-5-4-8-29(30)34/h4-5,8-19,24,32,35H,3,6-7,20-23,34H2,1-2H3,(H,36,40)(H,37,39)/b19-12+. The molecule has 3 aromatic carbocycles. The molecule has 7 nitrogen and oxygen atoms in total. The summed E-state index contributed by atoms with van der Waals surface area (Å²) >= 11 is 0. The summed E-state index contributed by atoms with van der Waals surface area (Å²) in [5.74, 6) is 0.0743. The molecule has 0 bridgehead atoms. The number of carbonyl (C=O) groups excluding carboxylic acids is 2. The Kier molecular flexibility index (Phi) is 10.5. The summed E-state index contributed by atoms with van der Waals surface area (Å²) in [5.41, 5.74) is 10.7. The molecule has 0 saturated carbocycles. The van der Waals surface area contributed by atoms with E-state index >= 15 is 0 Å². The van der Waals surface area contributed by atoms with E-state index in [2.05, 4.69) is 46.8 Å². The number of hydrogen-bond acceptors (Lipinski definition) is 5. The first kappa shape index (κ1) is 29.1. The second-order valence-electron chi connectivity index (χ2n) is 10.6. The molecule has 1 aliphatic rings. The zero-order valence-corrected chi connectivity index (χ0v) is 23.5. The molecule has 1 fully saturated rings. The van der Waals surface area contributed by atoms with Gasteiger partial charge in [-0.2, -0.15) is 0 Å². The highest BCUT2D eigenvalue weighted by Crippen LogP contribution is 2.21. The highest BCUT2D eigenvalue weighted by molar-refractivity contribution is 6.03. The molecule has 210 valence electrons. The first-order valence-electron chi connectivity index (χ1n) is 14.2. The first-order valence-corrected chi connectivity index (χ1v) is 14.2. The molecule has 2 amide bonds. The van der Waals surface area contributed by atoms with Crippen LogP contribution in [0.25, 0.3) is 6.08 Å². The normalized spacial score (nSPS) is 14.8. The van der Waals surface area contributed by atoms with Crippen LogP contribution >= 0.6 is 0 Å². The molecule has 1 atom stereocenters. The van der Waals surface area contributed by atoms with E-state index in [0.717, 1.165) is 43.0 Å². The predicted octanol–water partition coefficient (Wildman–Crippen LogP) is 5.80. The van der Waals surface area contributed by atoms with Gasteiger partial charge in [-0.1, -0.05) is 68.8 Å². The smallest absolute Gasteiger partial charge is 0.248 e. The van der Waals surface area contributed by atoms with Crippen LogP contribution in [0, 0.1) is 0 Å². The van der Waals surface area contributed by atoms with Crippen LogP contribution in [-0.2, 0) is 9.59 Å². The molecule has 7 heteroatoms. The molecule has 5 N–H and O–H groups in total. The third-order valence-corrected chi connectivity index (χ3v) is 7.25. The number of nitrogens with zero attached hydrogens (tertiary/aromatic N) is 1. The second-order valence-corrected chi connectivity index (χ2v) is 10.6. The lowest BCUT2D eigenvalue weighted by atomic mass is 10.0. The number of amides is 2. The Morgan fingerprint density at radius 2 is 1.55 bits per heavy atom. The molecule has 40 heavy (non-hydrogen) atoms. The van der Waals surface area contributed by atoms with Crippen LogP contribution in [0.3, 0.4) is 0 Å². The third kappa shape index (κ3) is 8.53. The fourth-order valence-corrected chi connectivity index (χ4v) is 4.83. The van der Waals surface area contributed by atoms with E-state index in [4.69, 9.17) is 5.73 Å². The number of carbonyl (C=O) groups is 2. The second kappa shape index (κ2) is 14.4. The number of likely N-dealkylation sites (tertiary alicyclic amines) is 1. The predicted molar refractivity (Wildman–Crippen MR) is 165 cm³/mol. The lowest BCUT2D eigenvalue weighted by molar-refractivity contribution is -0.118. The van der Waals surface area contributed by atoms with Crippen molar-refractivity contribution in [3.05, 3.63) is 95.6 Å². The number of nitrogen functional groups attached to an aromatic ring is 1. The van der Waals surface area contributed by atoms with E-state index in [0.29, 0.717) is 17.3 Å². The minimum absolute atomic E-state index is 0.0981. The zero-order chi connectivity index (χ0) is 28.3. The molecule has 1 unspecified atom stereocenters. The topological polar surface area (TPSA) is 99.5 Å². The lowest BCUT2D eigenvalue weighted by Gasteiger charge is -2.27. The Morgan fingerprint density at radius 3 is 2.23 bits per heavy atom. The van der Waals surface area contributed by atoms with Crippen molar-refractivity contribution >= 4 is 35.0 Å². The summed E-state index contributed by atoms with van der Waals surface area (Å²) in [5, 5.41) is 9.36. The van der Waals surface area contributed by atoms with E-state index < -0.39 is 6.04 Å². The van der Waals surface area contributed by atoms with Crippen LogP contribution in [0.1, 0.15) is 61.8 Å². The SMILES string of the molecule is CC(C)c1ccc(NC(=O)C(NCCN2CCCCC2)c2ccc(/C=C/C(=O)Nc3ccccc3N)cc2)cc1. The van der Waals surface area contributed by atoms with Crippen molar-refractivity contribution in [2.24, 2.45) is 0 Å². The molecule has 0 aliphatic carbocycles. The molecule has 4 rings (SSSR count). The van der Waals surface area contributed by atoms with E-state index in [9.17, 15) is 9.59 Å². The maximum Gasteiger partial charge on any atom is 0.248 e. The van der Waals surface area contributed by atoms with Gasteiger partial charge < -0.3 is 26.6 Å². The summed E-state index contributed by atoms with van der Waals surface area (Å²) in [6.07, 6.45) is 6.99. The molecule has 3 aromatic rings. The summed E-state index contributed by atoms with van der Waals surface area (Å²) in [6.45, 7) is 8.17. The largest absolute Gasteiger partial charge is 0.397 e. The van der Waals surface area contributed by atoms with Gasteiger partial charge in [0, 0.05) is 24.9 Å². The highest BCUT2D eigenvalue weighted by atomic mass is 16.2. The Balaban J connectivity index is 1.42. The molecular formula is C33H41N5O2. The Labute approximate surface area is 237 Å². The van der Waals surface area contributed by atoms with E-state index in [1.807, 2.05) is 48.5 Å². The summed E-state index contributed by atoms with van der Waals surface area (Å²) in [6, 6.07) is 22.4. The fourth-order valence-electron chi connectivity index (χ4n) is 4.83. The van der Waals surface area contributed by atoms with Crippen molar-refractivity contribution < 1.29 is 9.59 Å². The molecular weight excluding hydrogens is 498 g/mol. The maximum absolute atomic E-state index is 13.5. The number of hydrogen-bond donors (Lipinski definition) is 4. The fraction of sp³-hybridized carbons (Fsp3) is 0.333. The number of anilines is 3. The maximum atomic E-state index is 13.5.